The van der Waals surface area contributed by atoms with E-state index in [2.05, 4.69) is 11.4 Å². The van der Waals surface area contributed by atoms with Crippen LogP contribution in [0.2, 0.25) is 0 Å². The van der Waals surface area contributed by atoms with E-state index in [0.29, 0.717) is 23.3 Å². The molecular weight excluding hydrogens is 408 g/mol. The van der Waals surface area contributed by atoms with Crippen molar-refractivity contribution in [1.82, 2.24) is 5.32 Å². The number of nitrogens with one attached hydrogen (secondary N) is 1. The summed E-state index contributed by atoms with van der Waals surface area (Å²) in [6.07, 6.45) is 2.13. The summed E-state index contributed by atoms with van der Waals surface area (Å²) in [6.45, 7) is 0.147. The van der Waals surface area contributed by atoms with Gasteiger partial charge in [0, 0.05) is 16.2 Å². The van der Waals surface area contributed by atoms with Crippen LogP contribution in [0, 0.1) is 11.3 Å². The molecule has 1 N–H and O–H groups in total. The lowest BCUT2D eigenvalue weighted by Gasteiger charge is -2.20. The number of carbonyl (C=O) groups is 1. The normalized spacial score (nSPS) is 13.3. The van der Waals surface area contributed by atoms with Crippen LogP contribution in [0.15, 0.2) is 101 Å². The van der Waals surface area contributed by atoms with E-state index in [1.165, 1.54) is 11.8 Å². The predicted molar refractivity (Wildman–Crippen MR) is 118 cm³/mol. The van der Waals surface area contributed by atoms with E-state index in [0.717, 1.165) is 15.4 Å². The highest BCUT2D eigenvalue weighted by atomic mass is 32.2. The van der Waals surface area contributed by atoms with Gasteiger partial charge in [0.05, 0.1) is 17.2 Å². The second-order valence-corrected chi connectivity index (χ2v) is 7.95. The van der Waals surface area contributed by atoms with Crippen molar-refractivity contribution < 1.29 is 14.3 Å². The average Bonchev–Trinajstić information content (AvgIpc) is 3.35. The number of benzene rings is 3. The molecule has 0 saturated heterocycles. The Morgan fingerprint density at radius 1 is 1.00 bits per heavy atom. The van der Waals surface area contributed by atoms with Crippen molar-refractivity contribution >= 4 is 17.7 Å². The summed E-state index contributed by atoms with van der Waals surface area (Å²) < 4.78 is 10.8. The molecular formula is C25H20N2O3S. The lowest BCUT2D eigenvalue weighted by atomic mass is 10.0. The summed E-state index contributed by atoms with van der Waals surface area (Å²) >= 11 is 1.40. The Bertz CT molecular complexity index is 1140. The van der Waals surface area contributed by atoms with E-state index in [4.69, 9.17) is 9.47 Å². The standard InChI is InChI=1S/C25H20N2O3S/c26-15-19-10-4-6-12-23(19)31-24-13-7-5-11-20(24)25(28)27-21(22-16-29-17-30-22)14-18-8-2-1-3-9-18/h1-13,16,21H,14,17H2,(H,27,28). The highest BCUT2D eigenvalue weighted by Gasteiger charge is 2.24. The van der Waals surface area contributed by atoms with Crippen molar-refractivity contribution in [3.05, 3.63) is 108 Å². The van der Waals surface area contributed by atoms with E-state index in [9.17, 15) is 10.1 Å². The monoisotopic (exact) mass is 428 g/mol. The number of hydrogen-bond donors (Lipinski definition) is 1. The van der Waals surface area contributed by atoms with Crippen LogP contribution in [0.3, 0.4) is 0 Å². The SMILES string of the molecule is N#Cc1ccccc1Sc1ccccc1C(=O)NC(Cc1ccccc1)C1=COCO1. The largest absolute Gasteiger partial charge is 0.462 e. The maximum Gasteiger partial charge on any atom is 0.253 e. The van der Waals surface area contributed by atoms with E-state index in [-0.39, 0.29) is 18.7 Å². The minimum absolute atomic E-state index is 0.147. The Balaban J connectivity index is 1.57. The Morgan fingerprint density at radius 2 is 1.71 bits per heavy atom. The number of amides is 1. The molecule has 5 nitrogen and oxygen atoms in total. The number of nitriles is 1. The van der Waals surface area contributed by atoms with E-state index in [1.54, 1.807) is 18.4 Å². The van der Waals surface area contributed by atoms with Crippen LogP contribution < -0.4 is 5.32 Å². The van der Waals surface area contributed by atoms with Crippen molar-refractivity contribution in [3.8, 4) is 6.07 Å². The highest BCUT2D eigenvalue weighted by Crippen LogP contribution is 2.32. The number of hydrogen-bond acceptors (Lipinski definition) is 5. The molecule has 6 heteroatoms. The van der Waals surface area contributed by atoms with Crippen LogP contribution in [-0.4, -0.2) is 18.7 Å². The van der Waals surface area contributed by atoms with Gasteiger partial charge in [-0.05, 0) is 29.8 Å². The van der Waals surface area contributed by atoms with Crippen molar-refractivity contribution in [3.63, 3.8) is 0 Å². The topological polar surface area (TPSA) is 71.4 Å². The lowest BCUT2D eigenvalue weighted by molar-refractivity contribution is 0.0705. The average molecular weight is 429 g/mol. The molecule has 1 unspecified atom stereocenters. The van der Waals surface area contributed by atoms with Crippen molar-refractivity contribution in [2.45, 2.75) is 22.3 Å². The molecule has 1 aliphatic heterocycles. The summed E-state index contributed by atoms with van der Waals surface area (Å²) in [5.41, 5.74) is 2.19. The third kappa shape index (κ3) is 5.08. The van der Waals surface area contributed by atoms with Gasteiger partial charge in [-0.2, -0.15) is 5.26 Å². The van der Waals surface area contributed by atoms with Gasteiger partial charge in [-0.3, -0.25) is 4.79 Å². The lowest BCUT2D eigenvalue weighted by Crippen LogP contribution is -2.38. The maximum atomic E-state index is 13.3. The van der Waals surface area contributed by atoms with Gasteiger partial charge in [-0.1, -0.05) is 66.4 Å². The molecule has 1 amide bonds. The minimum Gasteiger partial charge on any atom is -0.462 e. The Morgan fingerprint density at radius 3 is 2.45 bits per heavy atom. The molecule has 0 fully saturated rings. The van der Waals surface area contributed by atoms with Gasteiger partial charge in [0.2, 0.25) is 6.79 Å². The highest BCUT2D eigenvalue weighted by molar-refractivity contribution is 7.99. The van der Waals surface area contributed by atoms with Gasteiger partial charge in [-0.15, -0.1) is 0 Å². The second kappa shape index (κ2) is 9.88. The summed E-state index contributed by atoms with van der Waals surface area (Å²) in [7, 11) is 0. The van der Waals surface area contributed by atoms with E-state index < -0.39 is 0 Å². The summed E-state index contributed by atoms with van der Waals surface area (Å²) in [4.78, 5) is 14.8. The third-order valence-corrected chi connectivity index (χ3v) is 5.94. The first-order valence-electron chi connectivity index (χ1n) is 9.80. The first-order chi connectivity index (χ1) is 15.2. The van der Waals surface area contributed by atoms with Gasteiger partial charge < -0.3 is 14.8 Å². The van der Waals surface area contributed by atoms with Gasteiger partial charge in [-0.25, -0.2) is 0 Å². The van der Waals surface area contributed by atoms with Crippen LogP contribution in [0.1, 0.15) is 21.5 Å². The van der Waals surface area contributed by atoms with Gasteiger partial charge in [0.1, 0.15) is 12.3 Å². The molecule has 0 saturated carbocycles. The van der Waals surface area contributed by atoms with Gasteiger partial charge in [0.15, 0.2) is 5.76 Å². The van der Waals surface area contributed by atoms with Crippen LogP contribution in [0.4, 0.5) is 0 Å². The fraction of sp³-hybridized carbons (Fsp3) is 0.120. The summed E-state index contributed by atoms with van der Waals surface area (Å²) in [5, 5.41) is 12.5. The molecule has 0 radical (unpaired) electrons. The van der Waals surface area contributed by atoms with E-state index >= 15 is 0 Å². The summed E-state index contributed by atoms with van der Waals surface area (Å²) in [5.74, 6) is 0.382. The zero-order valence-corrected chi connectivity index (χ0v) is 17.5. The Kier molecular flexibility index (Phi) is 6.56. The molecule has 0 aromatic heterocycles. The number of ether oxygens (including phenoxy) is 2. The number of carbonyl (C=O) groups excluding carboxylic acids is 1. The fourth-order valence-electron chi connectivity index (χ4n) is 3.25. The molecule has 0 aliphatic carbocycles. The number of nitrogens with zero attached hydrogens (tertiary/aromatic N) is 1. The van der Waals surface area contributed by atoms with Gasteiger partial charge >= 0.3 is 0 Å². The van der Waals surface area contributed by atoms with Crippen LogP contribution >= 0.6 is 11.8 Å². The summed E-state index contributed by atoms with van der Waals surface area (Å²) in [6, 6.07) is 26.5. The van der Waals surface area contributed by atoms with Crippen LogP contribution in [0.5, 0.6) is 0 Å². The smallest absolute Gasteiger partial charge is 0.253 e. The molecule has 1 aliphatic rings. The molecule has 0 bridgehead atoms. The minimum atomic E-state index is -0.359. The molecule has 154 valence electrons. The Labute approximate surface area is 185 Å². The van der Waals surface area contributed by atoms with Crippen LogP contribution in [-0.2, 0) is 15.9 Å². The zero-order chi connectivity index (χ0) is 21.5. The first-order valence-corrected chi connectivity index (χ1v) is 10.6. The molecule has 31 heavy (non-hydrogen) atoms. The number of rotatable bonds is 7. The zero-order valence-electron chi connectivity index (χ0n) is 16.7. The molecule has 3 aromatic rings. The maximum absolute atomic E-state index is 13.3. The molecule has 0 spiro atoms. The quantitative estimate of drug-likeness (QED) is 0.580. The second-order valence-electron chi connectivity index (χ2n) is 6.87. The first kappa shape index (κ1) is 20.6. The third-order valence-electron chi connectivity index (χ3n) is 4.78. The van der Waals surface area contributed by atoms with Crippen LogP contribution in [0.25, 0.3) is 0 Å². The molecule has 4 rings (SSSR count). The molecule has 3 aromatic carbocycles. The van der Waals surface area contributed by atoms with Gasteiger partial charge in [0.25, 0.3) is 5.91 Å². The fourth-order valence-corrected chi connectivity index (χ4v) is 4.28. The Hall–Kier alpha value is -3.69. The van der Waals surface area contributed by atoms with Crippen molar-refractivity contribution in [2.75, 3.05) is 6.79 Å². The molecule has 1 atom stereocenters. The molecule has 1 heterocycles. The predicted octanol–water partition coefficient (Wildman–Crippen LogP) is 4.90. The van der Waals surface area contributed by atoms with Crippen molar-refractivity contribution in [2.24, 2.45) is 0 Å². The van der Waals surface area contributed by atoms with E-state index in [1.807, 2.05) is 66.7 Å². The van der Waals surface area contributed by atoms with Crippen molar-refractivity contribution in [1.29, 1.82) is 5.26 Å².